The summed E-state index contributed by atoms with van der Waals surface area (Å²) in [5.41, 5.74) is 4.34. The maximum atomic E-state index is 14.4. The summed E-state index contributed by atoms with van der Waals surface area (Å²) in [6, 6.07) is 13.0. The number of benzene rings is 2. The van der Waals surface area contributed by atoms with Gasteiger partial charge in [-0.25, -0.2) is 9.07 Å². The number of halogens is 1. The number of hydrogen-bond acceptors (Lipinski definition) is 3. The van der Waals surface area contributed by atoms with Gasteiger partial charge in [0.2, 0.25) is 0 Å². The van der Waals surface area contributed by atoms with Crippen molar-refractivity contribution in [1.29, 1.82) is 0 Å². The van der Waals surface area contributed by atoms with Crippen LogP contribution in [0.15, 0.2) is 54.9 Å². The summed E-state index contributed by atoms with van der Waals surface area (Å²) < 4.78 is 16.0. The number of aromatic nitrogens is 2. The molecular weight excluding hydrogens is 317 g/mol. The number of aliphatic hydroxyl groups excluding tert-OH is 1. The molecule has 3 rings (SSSR count). The van der Waals surface area contributed by atoms with E-state index < -0.39 is 0 Å². The molecule has 0 saturated carbocycles. The highest BCUT2D eigenvalue weighted by Crippen LogP contribution is 2.20. The SMILES string of the molecule is Cc1cnn(-c2ccc(C(C)NCc3ccc(CO)cc3)cc2F)c1. The minimum absolute atomic E-state index is 0.0143. The zero-order valence-electron chi connectivity index (χ0n) is 14.4. The van der Waals surface area contributed by atoms with Crippen molar-refractivity contribution in [2.24, 2.45) is 0 Å². The van der Waals surface area contributed by atoms with Gasteiger partial charge in [0.15, 0.2) is 0 Å². The molecule has 0 saturated heterocycles. The third-order valence-corrected chi connectivity index (χ3v) is 4.25. The number of aryl methyl sites for hydroxylation is 1. The Morgan fingerprint density at radius 2 is 1.88 bits per heavy atom. The minimum Gasteiger partial charge on any atom is -0.392 e. The standard InChI is InChI=1S/C20H22FN3O/c1-14-10-23-24(12-14)20-8-7-18(9-19(20)21)15(2)22-11-16-3-5-17(13-25)6-4-16/h3-10,12,15,22,25H,11,13H2,1-2H3. The van der Waals surface area contributed by atoms with E-state index in [0.717, 1.165) is 22.3 Å². The first-order valence-corrected chi connectivity index (χ1v) is 8.30. The summed E-state index contributed by atoms with van der Waals surface area (Å²) in [5, 5.41) is 16.6. The Bertz CT molecular complexity index is 842. The molecule has 0 fully saturated rings. The molecule has 5 heteroatoms. The summed E-state index contributed by atoms with van der Waals surface area (Å²) in [5.74, 6) is -0.290. The average molecular weight is 339 g/mol. The molecule has 2 aromatic carbocycles. The number of aliphatic hydroxyl groups is 1. The molecule has 0 aliphatic rings. The van der Waals surface area contributed by atoms with Crippen molar-refractivity contribution in [3.05, 3.63) is 82.9 Å². The van der Waals surface area contributed by atoms with Gasteiger partial charge in [0.1, 0.15) is 11.5 Å². The van der Waals surface area contributed by atoms with E-state index in [1.165, 1.54) is 0 Å². The van der Waals surface area contributed by atoms with Crippen molar-refractivity contribution in [2.75, 3.05) is 0 Å². The number of nitrogens with one attached hydrogen (secondary N) is 1. The van der Waals surface area contributed by atoms with Crippen LogP contribution in [-0.4, -0.2) is 14.9 Å². The van der Waals surface area contributed by atoms with Gasteiger partial charge < -0.3 is 10.4 Å². The molecule has 0 radical (unpaired) electrons. The van der Waals surface area contributed by atoms with Crippen molar-refractivity contribution in [2.45, 2.75) is 33.0 Å². The maximum absolute atomic E-state index is 14.4. The smallest absolute Gasteiger partial charge is 0.149 e. The molecule has 0 aliphatic carbocycles. The predicted octanol–water partition coefficient (Wildman–Crippen LogP) is 3.66. The second-order valence-electron chi connectivity index (χ2n) is 6.25. The fourth-order valence-corrected chi connectivity index (χ4v) is 2.67. The van der Waals surface area contributed by atoms with Gasteiger partial charge in [0, 0.05) is 18.8 Å². The van der Waals surface area contributed by atoms with Crippen molar-refractivity contribution < 1.29 is 9.50 Å². The summed E-state index contributed by atoms with van der Waals surface area (Å²) in [6.07, 6.45) is 3.51. The van der Waals surface area contributed by atoms with E-state index in [0.29, 0.717) is 12.2 Å². The molecule has 1 atom stereocenters. The van der Waals surface area contributed by atoms with Crippen molar-refractivity contribution in [1.82, 2.24) is 15.1 Å². The Balaban J connectivity index is 1.67. The Hall–Kier alpha value is -2.50. The highest BCUT2D eigenvalue weighted by atomic mass is 19.1. The van der Waals surface area contributed by atoms with Crippen LogP contribution in [0.3, 0.4) is 0 Å². The molecule has 1 heterocycles. The van der Waals surface area contributed by atoms with Gasteiger partial charge in [-0.2, -0.15) is 5.10 Å². The Morgan fingerprint density at radius 3 is 2.48 bits per heavy atom. The van der Waals surface area contributed by atoms with Crippen molar-refractivity contribution in [3.63, 3.8) is 0 Å². The Labute approximate surface area is 146 Å². The van der Waals surface area contributed by atoms with E-state index >= 15 is 0 Å². The van der Waals surface area contributed by atoms with Crippen LogP contribution in [0.1, 0.15) is 35.2 Å². The second-order valence-corrected chi connectivity index (χ2v) is 6.25. The molecule has 3 aromatic rings. The van der Waals surface area contributed by atoms with Gasteiger partial charge in [-0.15, -0.1) is 0 Å². The Kier molecular flexibility index (Phi) is 5.26. The van der Waals surface area contributed by atoms with Crippen LogP contribution in [-0.2, 0) is 13.2 Å². The first-order chi connectivity index (χ1) is 12.1. The predicted molar refractivity (Wildman–Crippen MR) is 95.9 cm³/mol. The van der Waals surface area contributed by atoms with Crippen LogP contribution in [0.2, 0.25) is 0 Å². The molecule has 0 amide bonds. The monoisotopic (exact) mass is 339 g/mol. The molecule has 130 valence electrons. The summed E-state index contributed by atoms with van der Waals surface area (Å²) in [7, 11) is 0. The summed E-state index contributed by atoms with van der Waals surface area (Å²) in [6.45, 7) is 4.66. The lowest BCUT2D eigenvalue weighted by Crippen LogP contribution is -2.18. The first-order valence-electron chi connectivity index (χ1n) is 8.30. The lowest BCUT2D eigenvalue weighted by Gasteiger charge is -2.15. The van der Waals surface area contributed by atoms with Crippen molar-refractivity contribution >= 4 is 0 Å². The molecule has 25 heavy (non-hydrogen) atoms. The lowest BCUT2D eigenvalue weighted by atomic mass is 10.1. The maximum Gasteiger partial charge on any atom is 0.149 e. The second kappa shape index (κ2) is 7.59. The quantitative estimate of drug-likeness (QED) is 0.720. The van der Waals surface area contributed by atoms with E-state index in [2.05, 4.69) is 10.4 Å². The highest BCUT2D eigenvalue weighted by Gasteiger charge is 2.11. The third kappa shape index (κ3) is 4.13. The van der Waals surface area contributed by atoms with Crippen LogP contribution in [0.5, 0.6) is 0 Å². The molecule has 0 bridgehead atoms. The van der Waals surface area contributed by atoms with Gasteiger partial charge in [-0.3, -0.25) is 0 Å². The fourth-order valence-electron chi connectivity index (χ4n) is 2.67. The van der Waals surface area contributed by atoms with E-state index in [9.17, 15) is 4.39 Å². The molecule has 1 aromatic heterocycles. The number of rotatable bonds is 6. The van der Waals surface area contributed by atoms with Crippen LogP contribution in [0.25, 0.3) is 5.69 Å². The molecule has 4 nitrogen and oxygen atoms in total. The number of hydrogen-bond donors (Lipinski definition) is 2. The molecule has 1 unspecified atom stereocenters. The average Bonchev–Trinajstić information content (AvgIpc) is 3.06. The minimum atomic E-state index is -0.290. The van der Waals surface area contributed by atoms with Gasteiger partial charge in [-0.1, -0.05) is 30.3 Å². The van der Waals surface area contributed by atoms with Crippen LogP contribution >= 0.6 is 0 Å². The summed E-state index contributed by atoms with van der Waals surface area (Å²) in [4.78, 5) is 0. The van der Waals surface area contributed by atoms with Gasteiger partial charge in [0.05, 0.1) is 12.8 Å². The molecule has 0 aliphatic heterocycles. The van der Waals surface area contributed by atoms with E-state index in [-0.39, 0.29) is 18.5 Å². The van der Waals surface area contributed by atoms with E-state index in [1.807, 2.05) is 44.2 Å². The van der Waals surface area contributed by atoms with Gasteiger partial charge in [0.25, 0.3) is 0 Å². The van der Waals surface area contributed by atoms with E-state index in [4.69, 9.17) is 5.11 Å². The highest BCUT2D eigenvalue weighted by molar-refractivity contribution is 5.37. The first kappa shape index (κ1) is 17.3. The van der Waals surface area contributed by atoms with Gasteiger partial charge in [-0.05, 0) is 48.2 Å². The third-order valence-electron chi connectivity index (χ3n) is 4.25. The largest absolute Gasteiger partial charge is 0.392 e. The normalized spacial score (nSPS) is 12.3. The zero-order chi connectivity index (χ0) is 17.8. The van der Waals surface area contributed by atoms with E-state index in [1.54, 1.807) is 29.2 Å². The summed E-state index contributed by atoms with van der Waals surface area (Å²) >= 11 is 0. The molecular formula is C20H22FN3O. The van der Waals surface area contributed by atoms with Crippen LogP contribution < -0.4 is 5.32 Å². The molecule has 2 N–H and O–H groups in total. The van der Waals surface area contributed by atoms with Crippen molar-refractivity contribution in [3.8, 4) is 5.69 Å². The topological polar surface area (TPSA) is 50.1 Å². The Morgan fingerprint density at radius 1 is 1.16 bits per heavy atom. The fraction of sp³-hybridized carbons (Fsp3) is 0.250. The van der Waals surface area contributed by atoms with Gasteiger partial charge >= 0.3 is 0 Å². The number of nitrogens with zero attached hydrogens (tertiary/aromatic N) is 2. The molecule has 0 spiro atoms. The zero-order valence-corrected chi connectivity index (χ0v) is 14.4. The van der Waals surface area contributed by atoms with Crippen LogP contribution in [0, 0.1) is 12.7 Å². The lowest BCUT2D eigenvalue weighted by molar-refractivity contribution is 0.282. The van der Waals surface area contributed by atoms with Crippen LogP contribution in [0.4, 0.5) is 4.39 Å².